The molecule has 2 nitrogen and oxygen atoms in total. The van der Waals surface area contributed by atoms with Crippen LogP contribution in [0.5, 0.6) is 11.5 Å². The van der Waals surface area contributed by atoms with Crippen LogP contribution in [0.2, 0.25) is 36.3 Å². The molecule has 0 bridgehead atoms. The molecule has 0 unspecified atom stereocenters. The maximum absolute atomic E-state index is 6.79. The summed E-state index contributed by atoms with van der Waals surface area (Å²) in [6.07, 6.45) is 2.14. The standard InChI is InChI=1S/C26H39BrO2Si2/c1-25(2,3)30(7,8)28-23-17-16-21(22(27)18-20-14-12-11-13-15-20)19-24(23)29-31(9,10)26(4,5)6/h11-19H,1-10H3. The highest BCUT2D eigenvalue weighted by Gasteiger charge is 2.42. The van der Waals surface area contributed by atoms with Gasteiger partial charge in [-0.15, -0.1) is 0 Å². The molecule has 0 aliphatic heterocycles. The first-order chi connectivity index (χ1) is 14.0. The highest BCUT2D eigenvalue weighted by atomic mass is 79.9. The molecule has 0 heterocycles. The Balaban J connectivity index is 2.52. The van der Waals surface area contributed by atoms with Gasteiger partial charge in [0.2, 0.25) is 0 Å². The third-order valence-corrected chi connectivity index (χ3v) is 16.0. The lowest BCUT2D eigenvalue weighted by Gasteiger charge is -2.39. The quantitative estimate of drug-likeness (QED) is 0.280. The molecule has 170 valence electrons. The van der Waals surface area contributed by atoms with E-state index in [1.807, 2.05) is 18.2 Å². The molecule has 2 aromatic carbocycles. The normalized spacial score (nSPS) is 13.8. The lowest BCUT2D eigenvalue weighted by molar-refractivity contribution is 0.440. The van der Waals surface area contributed by atoms with E-state index < -0.39 is 16.6 Å². The van der Waals surface area contributed by atoms with Crippen LogP contribution in [-0.4, -0.2) is 16.6 Å². The van der Waals surface area contributed by atoms with Gasteiger partial charge in [0, 0.05) is 4.48 Å². The average Bonchev–Trinajstić information content (AvgIpc) is 2.61. The fourth-order valence-electron chi connectivity index (χ4n) is 2.46. The van der Waals surface area contributed by atoms with Crippen LogP contribution in [0.15, 0.2) is 48.5 Å². The topological polar surface area (TPSA) is 18.5 Å². The highest BCUT2D eigenvalue weighted by Crippen LogP contribution is 2.44. The SMILES string of the molecule is CC(C)(C)[Si](C)(C)Oc1ccc(C(Br)=Cc2ccccc2)cc1O[Si](C)(C)C(C)(C)C. The second kappa shape index (κ2) is 9.28. The molecule has 0 radical (unpaired) electrons. The van der Waals surface area contributed by atoms with Crippen LogP contribution in [0.4, 0.5) is 0 Å². The fraction of sp³-hybridized carbons (Fsp3) is 0.462. The van der Waals surface area contributed by atoms with E-state index >= 15 is 0 Å². The van der Waals surface area contributed by atoms with Crippen LogP contribution in [-0.2, 0) is 0 Å². The second-order valence-electron chi connectivity index (χ2n) is 11.3. The van der Waals surface area contributed by atoms with E-state index in [-0.39, 0.29) is 10.1 Å². The van der Waals surface area contributed by atoms with E-state index in [0.29, 0.717) is 0 Å². The van der Waals surface area contributed by atoms with E-state index in [1.54, 1.807) is 0 Å². The Labute approximate surface area is 200 Å². The van der Waals surface area contributed by atoms with E-state index in [2.05, 4.69) is 120 Å². The molecular formula is C26H39BrO2Si2. The lowest BCUT2D eigenvalue weighted by Crippen LogP contribution is -2.45. The van der Waals surface area contributed by atoms with Gasteiger partial charge in [0.1, 0.15) is 11.5 Å². The van der Waals surface area contributed by atoms with Crippen LogP contribution < -0.4 is 8.85 Å². The van der Waals surface area contributed by atoms with Crippen molar-refractivity contribution in [1.29, 1.82) is 0 Å². The van der Waals surface area contributed by atoms with Gasteiger partial charge in [-0.05, 0) is 71.7 Å². The van der Waals surface area contributed by atoms with E-state index in [4.69, 9.17) is 8.85 Å². The monoisotopic (exact) mass is 518 g/mol. The van der Waals surface area contributed by atoms with Crippen molar-refractivity contribution in [1.82, 2.24) is 0 Å². The second-order valence-corrected chi connectivity index (χ2v) is 21.6. The van der Waals surface area contributed by atoms with Crippen molar-refractivity contribution in [2.24, 2.45) is 0 Å². The third kappa shape index (κ3) is 6.59. The van der Waals surface area contributed by atoms with Crippen molar-refractivity contribution in [3.8, 4) is 11.5 Å². The van der Waals surface area contributed by atoms with Gasteiger partial charge in [-0.25, -0.2) is 0 Å². The van der Waals surface area contributed by atoms with E-state index in [9.17, 15) is 0 Å². The minimum atomic E-state index is -2.03. The molecule has 0 saturated heterocycles. The molecular weight excluding hydrogens is 480 g/mol. The molecule has 2 aromatic rings. The Hall–Kier alpha value is -1.31. The van der Waals surface area contributed by atoms with Gasteiger partial charge < -0.3 is 8.85 Å². The van der Waals surface area contributed by atoms with Crippen molar-refractivity contribution in [2.75, 3.05) is 0 Å². The number of rotatable bonds is 6. The van der Waals surface area contributed by atoms with Crippen LogP contribution in [0.25, 0.3) is 10.6 Å². The summed E-state index contributed by atoms with van der Waals surface area (Å²) in [5.74, 6) is 1.72. The third-order valence-electron chi connectivity index (χ3n) is 6.66. The molecule has 0 atom stereocenters. The number of benzene rings is 2. The maximum atomic E-state index is 6.79. The molecule has 0 aromatic heterocycles. The molecule has 0 aliphatic carbocycles. The van der Waals surface area contributed by atoms with Crippen LogP contribution >= 0.6 is 15.9 Å². The smallest absolute Gasteiger partial charge is 0.250 e. The van der Waals surface area contributed by atoms with Gasteiger partial charge in [-0.3, -0.25) is 0 Å². The van der Waals surface area contributed by atoms with Gasteiger partial charge >= 0.3 is 0 Å². The number of hydrogen-bond donors (Lipinski definition) is 0. The molecule has 0 saturated carbocycles. The summed E-state index contributed by atoms with van der Waals surface area (Å²) in [6, 6.07) is 16.7. The Morgan fingerprint density at radius 1 is 0.742 bits per heavy atom. The lowest BCUT2D eigenvalue weighted by atomic mass is 10.1. The zero-order valence-electron chi connectivity index (χ0n) is 20.9. The summed E-state index contributed by atoms with van der Waals surface area (Å²) in [5.41, 5.74) is 2.24. The molecule has 31 heavy (non-hydrogen) atoms. The number of hydrogen-bond acceptors (Lipinski definition) is 2. The Kier molecular flexibility index (Phi) is 7.77. The predicted octanol–water partition coefficient (Wildman–Crippen LogP) is 9.35. The van der Waals surface area contributed by atoms with Crippen molar-refractivity contribution in [2.45, 2.75) is 77.8 Å². The molecule has 2 rings (SSSR count). The first-order valence-corrected chi connectivity index (χ1v) is 17.6. The summed E-state index contributed by atoms with van der Waals surface area (Å²) in [6.45, 7) is 22.7. The van der Waals surface area contributed by atoms with Crippen molar-refractivity contribution in [3.63, 3.8) is 0 Å². The van der Waals surface area contributed by atoms with Crippen LogP contribution in [0.1, 0.15) is 52.7 Å². The Morgan fingerprint density at radius 2 is 1.23 bits per heavy atom. The molecule has 0 aliphatic rings. The Morgan fingerprint density at radius 3 is 1.71 bits per heavy atom. The van der Waals surface area contributed by atoms with Crippen molar-refractivity contribution < 1.29 is 8.85 Å². The van der Waals surface area contributed by atoms with E-state index in [1.165, 1.54) is 0 Å². The molecule has 5 heteroatoms. The summed E-state index contributed by atoms with van der Waals surface area (Å²) < 4.78 is 14.5. The van der Waals surface area contributed by atoms with Crippen molar-refractivity contribution >= 4 is 43.1 Å². The average molecular weight is 520 g/mol. The Bertz CT molecular complexity index is 921. The minimum Gasteiger partial charge on any atom is -0.541 e. The fourth-order valence-corrected chi connectivity index (χ4v) is 5.01. The van der Waals surface area contributed by atoms with Crippen LogP contribution in [0.3, 0.4) is 0 Å². The van der Waals surface area contributed by atoms with Gasteiger partial charge in [-0.2, -0.15) is 0 Å². The van der Waals surface area contributed by atoms with Gasteiger partial charge in [0.25, 0.3) is 16.6 Å². The summed E-state index contributed by atoms with van der Waals surface area (Å²) in [7, 11) is -4.02. The predicted molar refractivity (Wildman–Crippen MR) is 145 cm³/mol. The minimum absolute atomic E-state index is 0.106. The zero-order chi connectivity index (χ0) is 23.7. The largest absolute Gasteiger partial charge is 0.541 e. The van der Waals surface area contributed by atoms with Gasteiger partial charge in [-0.1, -0.05) is 87.8 Å². The molecule has 0 N–H and O–H groups in total. The van der Waals surface area contributed by atoms with Crippen LogP contribution in [0, 0.1) is 0 Å². The summed E-state index contributed by atoms with van der Waals surface area (Å²) in [4.78, 5) is 0. The first kappa shape index (κ1) is 26.0. The zero-order valence-corrected chi connectivity index (χ0v) is 24.5. The summed E-state index contributed by atoms with van der Waals surface area (Å²) in [5, 5.41) is 0.224. The molecule has 0 fully saturated rings. The summed E-state index contributed by atoms with van der Waals surface area (Å²) >= 11 is 3.78. The number of halogens is 1. The molecule has 0 amide bonds. The highest BCUT2D eigenvalue weighted by molar-refractivity contribution is 9.15. The van der Waals surface area contributed by atoms with Gasteiger partial charge in [0.05, 0.1) is 0 Å². The van der Waals surface area contributed by atoms with E-state index in [0.717, 1.165) is 27.1 Å². The maximum Gasteiger partial charge on any atom is 0.250 e. The molecule has 0 spiro atoms. The van der Waals surface area contributed by atoms with Crippen molar-refractivity contribution in [3.05, 3.63) is 59.7 Å². The first-order valence-electron chi connectivity index (χ1n) is 11.0. The van der Waals surface area contributed by atoms with Gasteiger partial charge in [0.15, 0.2) is 0 Å².